The van der Waals surface area contributed by atoms with E-state index in [4.69, 9.17) is 10.5 Å². The number of nitrogens with zero attached hydrogens (tertiary/aromatic N) is 2. The van der Waals surface area contributed by atoms with Crippen molar-refractivity contribution < 1.29 is 22.7 Å². The number of alkyl halides is 3. The third kappa shape index (κ3) is 6.48. The van der Waals surface area contributed by atoms with Gasteiger partial charge in [-0.3, -0.25) is 4.79 Å². The molecule has 1 aromatic rings. The minimum absolute atomic E-state index is 0. The topological polar surface area (TPSA) is 68.5 Å². The van der Waals surface area contributed by atoms with E-state index in [0.29, 0.717) is 25.9 Å². The number of hydrogen-bond acceptors (Lipinski definition) is 4. The van der Waals surface area contributed by atoms with Crippen LogP contribution >= 0.6 is 24.8 Å². The first-order valence-electron chi connectivity index (χ1n) is 7.92. The monoisotopic (exact) mass is 417 g/mol. The Labute approximate surface area is 163 Å². The quantitative estimate of drug-likeness (QED) is 0.815. The molecule has 0 bridgehead atoms. The molecule has 2 heterocycles. The summed E-state index contributed by atoms with van der Waals surface area (Å²) in [5, 5.41) is 0. The van der Waals surface area contributed by atoms with E-state index in [0.717, 1.165) is 12.3 Å². The largest absolute Gasteiger partial charge is 0.474 e. The van der Waals surface area contributed by atoms with Crippen LogP contribution in [-0.4, -0.2) is 41.0 Å². The number of carbonyl (C=O) groups excluding carboxylic acids is 1. The van der Waals surface area contributed by atoms with Crippen LogP contribution in [0.5, 0.6) is 5.88 Å². The van der Waals surface area contributed by atoms with Crippen molar-refractivity contribution in [1.82, 2.24) is 9.88 Å². The van der Waals surface area contributed by atoms with Gasteiger partial charge in [-0.2, -0.15) is 13.2 Å². The highest BCUT2D eigenvalue weighted by molar-refractivity contribution is 5.85. The van der Waals surface area contributed by atoms with Gasteiger partial charge in [-0.1, -0.05) is 13.8 Å². The smallest absolute Gasteiger partial charge is 0.417 e. The fourth-order valence-electron chi connectivity index (χ4n) is 2.48. The fraction of sp³-hybridized carbons (Fsp3) is 0.625. The molecule has 1 amide bonds. The summed E-state index contributed by atoms with van der Waals surface area (Å²) in [5.41, 5.74) is 5.07. The van der Waals surface area contributed by atoms with Gasteiger partial charge in [0.05, 0.1) is 11.6 Å². The summed E-state index contributed by atoms with van der Waals surface area (Å²) in [5.74, 6) is 0.158. The van der Waals surface area contributed by atoms with Gasteiger partial charge in [-0.25, -0.2) is 4.98 Å². The standard InChI is InChI=1S/C16H22F3N3O2.2ClH/c1-10(2)14(20)15(23)22-7-5-12(6-8-22)24-13-4-3-11(9-21-13)16(17,18)19;;/h3-4,9-10,12,14H,5-8,20H2,1-2H3;2*1H/t14-;;/m0../s1. The number of pyridine rings is 1. The van der Waals surface area contributed by atoms with Crippen LogP contribution in [0.15, 0.2) is 18.3 Å². The van der Waals surface area contributed by atoms with Crippen LogP contribution in [0.3, 0.4) is 0 Å². The first-order valence-corrected chi connectivity index (χ1v) is 7.92. The van der Waals surface area contributed by atoms with Gasteiger partial charge >= 0.3 is 6.18 Å². The second-order valence-corrected chi connectivity index (χ2v) is 6.30. The summed E-state index contributed by atoms with van der Waals surface area (Å²) in [6.07, 6.45) is -2.63. The van der Waals surface area contributed by atoms with Crippen molar-refractivity contribution >= 4 is 30.7 Å². The molecular formula is C16H24Cl2F3N3O2. The number of halogens is 5. The Morgan fingerprint density at radius 2 is 1.85 bits per heavy atom. The maximum Gasteiger partial charge on any atom is 0.417 e. The SMILES string of the molecule is CC(C)[C@H](N)C(=O)N1CCC(Oc2ccc(C(F)(F)F)cn2)CC1.Cl.Cl. The van der Waals surface area contributed by atoms with Crippen LogP contribution in [0.1, 0.15) is 32.3 Å². The lowest BCUT2D eigenvalue weighted by atomic mass is 10.0. The van der Waals surface area contributed by atoms with Crippen LogP contribution < -0.4 is 10.5 Å². The number of carbonyl (C=O) groups is 1. The molecule has 0 aliphatic carbocycles. The Hall–Kier alpha value is -1.25. The first-order chi connectivity index (χ1) is 11.2. The summed E-state index contributed by atoms with van der Waals surface area (Å²) in [4.78, 5) is 17.6. The van der Waals surface area contributed by atoms with E-state index < -0.39 is 17.8 Å². The molecule has 0 unspecified atom stereocenters. The van der Waals surface area contributed by atoms with Crippen LogP contribution in [0, 0.1) is 5.92 Å². The van der Waals surface area contributed by atoms with E-state index in [2.05, 4.69) is 4.98 Å². The Kier molecular flexibility index (Phi) is 9.69. The summed E-state index contributed by atoms with van der Waals surface area (Å²) < 4.78 is 43.1. The third-order valence-electron chi connectivity index (χ3n) is 4.11. The molecule has 1 aliphatic rings. The van der Waals surface area contributed by atoms with Gasteiger partial charge < -0.3 is 15.4 Å². The van der Waals surface area contributed by atoms with Gasteiger partial charge in [-0.15, -0.1) is 24.8 Å². The normalized spacial score (nSPS) is 16.5. The number of ether oxygens (including phenoxy) is 1. The summed E-state index contributed by atoms with van der Waals surface area (Å²) >= 11 is 0. The number of aromatic nitrogens is 1. The predicted octanol–water partition coefficient (Wildman–Crippen LogP) is 3.30. The number of amides is 1. The molecule has 2 rings (SSSR count). The molecule has 1 saturated heterocycles. The molecule has 1 aliphatic heterocycles. The minimum Gasteiger partial charge on any atom is -0.474 e. The van der Waals surface area contributed by atoms with Gasteiger partial charge in [0.15, 0.2) is 0 Å². The zero-order valence-electron chi connectivity index (χ0n) is 14.5. The minimum atomic E-state index is -4.41. The van der Waals surface area contributed by atoms with E-state index in [1.165, 1.54) is 6.07 Å². The van der Waals surface area contributed by atoms with Crippen molar-refractivity contribution in [2.75, 3.05) is 13.1 Å². The molecule has 0 saturated carbocycles. The van der Waals surface area contributed by atoms with Crippen molar-refractivity contribution in [3.05, 3.63) is 23.9 Å². The van der Waals surface area contributed by atoms with E-state index in [1.54, 1.807) is 4.90 Å². The Morgan fingerprint density at radius 3 is 2.27 bits per heavy atom. The molecular weight excluding hydrogens is 394 g/mol. The number of hydrogen-bond donors (Lipinski definition) is 1. The molecule has 150 valence electrons. The Morgan fingerprint density at radius 1 is 1.27 bits per heavy atom. The van der Waals surface area contributed by atoms with Crippen LogP contribution in [0.2, 0.25) is 0 Å². The number of likely N-dealkylation sites (tertiary alicyclic amines) is 1. The third-order valence-corrected chi connectivity index (χ3v) is 4.11. The molecule has 10 heteroatoms. The molecule has 2 N–H and O–H groups in total. The lowest BCUT2D eigenvalue weighted by molar-refractivity contribution is -0.138. The molecule has 0 spiro atoms. The summed E-state index contributed by atoms with van der Waals surface area (Å²) in [6, 6.07) is 1.65. The van der Waals surface area contributed by atoms with Gasteiger partial charge in [-0.05, 0) is 12.0 Å². The number of rotatable bonds is 4. The molecule has 1 aromatic heterocycles. The highest BCUT2D eigenvalue weighted by Crippen LogP contribution is 2.29. The average Bonchev–Trinajstić information content (AvgIpc) is 2.54. The second-order valence-electron chi connectivity index (χ2n) is 6.30. The number of nitrogens with two attached hydrogens (primary N) is 1. The van der Waals surface area contributed by atoms with Crippen LogP contribution in [0.25, 0.3) is 0 Å². The average molecular weight is 418 g/mol. The van der Waals surface area contributed by atoms with Gasteiger partial charge in [0.1, 0.15) is 6.10 Å². The maximum atomic E-state index is 12.5. The first kappa shape index (κ1) is 24.8. The van der Waals surface area contributed by atoms with Gasteiger partial charge in [0.25, 0.3) is 0 Å². The van der Waals surface area contributed by atoms with Gasteiger partial charge in [0, 0.05) is 38.2 Å². The molecule has 5 nitrogen and oxygen atoms in total. The molecule has 0 radical (unpaired) electrons. The Bertz CT molecular complexity index is 563. The van der Waals surface area contributed by atoms with Crippen LogP contribution in [0.4, 0.5) is 13.2 Å². The molecule has 1 atom stereocenters. The molecule has 1 fully saturated rings. The van der Waals surface area contributed by atoms with Crippen molar-refractivity contribution in [2.45, 2.75) is 45.0 Å². The summed E-state index contributed by atoms with van der Waals surface area (Å²) in [7, 11) is 0. The van der Waals surface area contributed by atoms with E-state index in [9.17, 15) is 18.0 Å². The van der Waals surface area contributed by atoms with E-state index in [-0.39, 0.29) is 48.6 Å². The maximum absolute atomic E-state index is 12.5. The van der Waals surface area contributed by atoms with Crippen molar-refractivity contribution in [3.8, 4) is 5.88 Å². The summed E-state index contributed by atoms with van der Waals surface area (Å²) in [6.45, 7) is 4.83. The Balaban J connectivity index is 0.00000312. The molecule has 0 aromatic carbocycles. The van der Waals surface area contributed by atoms with Gasteiger partial charge in [0.2, 0.25) is 11.8 Å². The lowest BCUT2D eigenvalue weighted by Crippen LogP contribution is -2.50. The predicted molar refractivity (Wildman–Crippen MR) is 96.8 cm³/mol. The lowest BCUT2D eigenvalue weighted by Gasteiger charge is -2.34. The highest BCUT2D eigenvalue weighted by Gasteiger charge is 2.31. The van der Waals surface area contributed by atoms with Crippen molar-refractivity contribution in [1.29, 1.82) is 0 Å². The molecule has 26 heavy (non-hydrogen) atoms. The van der Waals surface area contributed by atoms with Crippen molar-refractivity contribution in [3.63, 3.8) is 0 Å². The fourth-order valence-corrected chi connectivity index (χ4v) is 2.48. The second kappa shape index (κ2) is 10.2. The number of piperidine rings is 1. The highest BCUT2D eigenvalue weighted by atomic mass is 35.5. The van der Waals surface area contributed by atoms with Crippen LogP contribution in [-0.2, 0) is 11.0 Å². The zero-order chi connectivity index (χ0) is 17.9. The van der Waals surface area contributed by atoms with E-state index in [1.807, 2.05) is 13.8 Å². The zero-order valence-corrected chi connectivity index (χ0v) is 16.2. The van der Waals surface area contributed by atoms with E-state index >= 15 is 0 Å². The van der Waals surface area contributed by atoms with Crippen molar-refractivity contribution in [2.24, 2.45) is 11.7 Å².